The minimum Gasteiger partial charge on any atom is -0.341 e. The van der Waals surface area contributed by atoms with Crippen LogP contribution in [0.4, 0.5) is 0 Å². The summed E-state index contributed by atoms with van der Waals surface area (Å²) in [6, 6.07) is 5.64. The maximum absolute atomic E-state index is 11.8. The molecule has 0 saturated heterocycles. The SMILES string of the molecule is CCc1ccc(C(=O)N(C)CCC#N)cn1. The van der Waals surface area contributed by atoms with Crippen molar-refractivity contribution in [3.8, 4) is 6.07 Å². The molecule has 4 heteroatoms. The smallest absolute Gasteiger partial charge is 0.255 e. The van der Waals surface area contributed by atoms with Gasteiger partial charge in [-0.25, -0.2) is 0 Å². The van der Waals surface area contributed by atoms with Crippen molar-refractivity contribution < 1.29 is 4.79 Å². The van der Waals surface area contributed by atoms with Gasteiger partial charge in [0.25, 0.3) is 5.91 Å². The van der Waals surface area contributed by atoms with E-state index in [4.69, 9.17) is 5.26 Å². The summed E-state index contributed by atoms with van der Waals surface area (Å²) in [4.78, 5) is 17.5. The molecule has 0 bridgehead atoms. The summed E-state index contributed by atoms with van der Waals surface area (Å²) in [5, 5.41) is 8.44. The van der Waals surface area contributed by atoms with Crippen LogP contribution in [0.25, 0.3) is 0 Å². The number of nitrogens with zero attached hydrogens (tertiary/aromatic N) is 3. The molecule has 0 N–H and O–H groups in total. The Bertz CT molecular complexity index is 392. The predicted molar refractivity (Wildman–Crippen MR) is 60.8 cm³/mol. The fourth-order valence-corrected chi connectivity index (χ4v) is 1.30. The van der Waals surface area contributed by atoms with E-state index in [1.54, 1.807) is 19.3 Å². The van der Waals surface area contributed by atoms with Crippen LogP contribution < -0.4 is 0 Å². The molecule has 0 atom stereocenters. The first-order valence-electron chi connectivity index (χ1n) is 5.26. The van der Waals surface area contributed by atoms with Gasteiger partial charge in [0, 0.05) is 25.5 Å². The molecule has 0 aromatic carbocycles. The number of carbonyl (C=O) groups excluding carboxylic acids is 1. The Morgan fingerprint density at radius 1 is 1.56 bits per heavy atom. The van der Waals surface area contributed by atoms with Crippen molar-refractivity contribution >= 4 is 5.91 Å². The maximum Gasteiger partial charge on any atom is 0.255 e. The number of carbonyl (C=O) groups is 1. The van der Waals surface area contributed by atoms with Crippen LogP contribution in [-0.2, 0) is 6.42 Å². The molecular formula is C12H15N3O. The Morgan fingerprint density at radius 2 is 2.31 bits per heavy atom. The van der Waals surface area contributed by atoms with Crippen molar-refractivity contribution in [2.75, 3.05) is 13.6 Å². The number of rotatable bonds is 4. The van der Waals surface area contributed by atoms with Crippen molar-refractivity contribution in [3.63, 3.8) is 0 Å². The molecule has 0 unspecified atom stereocenters. The van der Waals surface area contributed by atoms with E-state index in [9.17, 15) is 4.79 Å². The molecule has 1 rings (SSSR count). The number of pyridine rings is 1. The number of hydrogen-bond acceptors (Lipinski definition) is 3. The van der Waals surface area contributed by atoms with Crippen LogP contribution in [-0.4, -0.2) is 29.4 Å². The quantitative estimate of drug-likeness (QED) is 0.770. The molecule has 4 nitrogen and oxygen atoms in total. The zero-order valence-electron chi connectivity index (χ0n) is 9.60. The van der Waals surface area contributed by atoms with Gasteiger partial charge in [-0.05, 0) is 18.6 Å². The Hall–Kier alpha value is -1.89. The summed E-state index contributed by atoms with van der Waals surface area (Å²) in [5.74, 6) is -0.0922. The second-order valence-electron chi connectivity index (χ2n) is 3.53. The number of amides is 1. The van der Waals surface area contributed by atoms with Gasteiger partial charge >= 0.3 is 0 Å². The van der Waals surface area contributed by atoms with Crippen molar-refractivity contribution in [2.45, 2.75) is 19.8 Å². The third kappa shape index (κ3) is 3.06. The fraction of sp³-hybridized carbons (Fsp3) is 0.417. The van der Waals surface area contributed by atoms with Crippen molar-refractivity contribution in [1.82, 2.24) is 9.88 Å². The fourth-order valence-electron chi connectivity index (χ4n) is 1.30. The second-order valence-corrected chi connectivity index (χ2v) is 3.53. The molecule has 0 radical (unpaired) electrons. The highest BCUT2D eigenvalue weighted by atomic mass is 16.2. The van der Waals surface area contributed by atoms with Crippen molar-refractivity contribution in [1.29, 1.82) is 5.26 Å². The van der Waals surface area contributed by atoms with Crippen LogP contribution >= 0.6 is 0 Å². The van der Waals surface area contributed by atoms with Crippen molar-refractivity contribution in [3.05, 3.63) is 29.6 Å². The topological polar surface area (TPSA) is 57.0 Å². The van der Waals surface area contributed by atoms with E-state index >= 15 is 0 Å². The molecule has 0 aliphatic heterocycles. The predicted octanol–water partition coefficient (Wildman–Crippen LogP) is 1.63. The van der Waals surface area contributed by atoms with Crippen LogP contribution in [0.5, 0.6) is 0 Å². The van der Waals surface area contributed by atoms with E-state index in [1.807, 2.05) is 19.1 Å². The second kappa shape index (κ2) is 5.86. The van der Waals surface area contributed by atoms with Gasteiger partial charge in [-0.2, -0.15) is 5.26 Å². The van der Waals surface area contributed by atoms with Gasteiger partial charge in [-0.15, -0.1) is 0 Å². The zero-order chi connectivity index (χ0) is 12.0. The first-order valence-corrected chi connectivity index (χ1v) is 5.26. The summed E-state index contributed by atoms with van der Waals surface area (Å²) < 4.78 is 0. The Balaban J connectivity index is 2.69. The Kier molecular flexibility index (Phi) is 4.46. The summed E-state index contributed by atoms with van der Waals surface area (Å²) in [6.45, 7) is 2.47. The van der Waals surface area contributed by atoms with E-state index in [0.717, 1.165) is 12.1 Å². The lowest BCUT2D eigenvalue weighted by atomic mass is 10.2. The molecule has 1 aromatic rings. The van der Waals surface area contributed by atoms with Crippen LogP contribution in [0.3, 0.4) is 0 Å². The summed E-state index contributed by atoms with van der Waals surface area (Å²) >= 11 is 0. The largest absolute Gasteiger partial charge is 0.341 e. The van der Waals surface area contributed by atoms with Crippen molar-refractivity contribution in [2.24, 2.45) is 0 Å². The molecule has 1 heterocycles. The molecule has 0 spiro atoms. The molecule has 0 aliphatic carbocycles. The monoisotopic (exact) mass is 217 g/mol. The van der Waals surface area contributed by atoms with Gasteiger partial charge in [-0.3, -0.25) is 9.78 Å². The van der Waals surface area contributed by atoms with Gasteiger partial charge in [-0.1, -0.05) is 6.92 Å². The Morgan fingerprint density at radius 3 is 2.81 bits per heavy atom. The molecule has 84 valence electrons. The average Bonchev–Trinajstić information content (AvgIpc) is 2.35. The molecule has 0 aliphatic rings. The summed E-state index contributed by atoms with van der Waals surface area (Å²) in [6.07, 6.45) is 2.80. The maximum atomic E-state index is 11.8. The van der Waals surface area contributed by atoms with Crippen LogP contribution in [0.2, 0.25) is 0 Å². The first-order chi connectivity index (χ1) is 7.69. The molecule has 16 heavy (non-hydrogen) atoms. The Labute approximate surface area is 95.5 Å². The lowest BCUT2D eigenvalue weighted by Gasteiger charge is -2.15. The first kappa shape index (κ1) is 12.2. The van der Waals surface area contributed by atoms with Gasteiger partial charge in [0.05, 0.1) is 18.1 Å². The number of nitriles is 1. The standard InChI is InChI=1S/C12H15N3O/c1-3-11-6-5-10(9-14-11)12(16)15(2)8-4-7-13/h5-6,9H,3-4,8H2,1-2H3. The van der Waals surface area contributed by atoms with E-state index in [1.165, 1.54) is 4.90 Å². The zero-order valence-corrected chi connectivity index (χ0v) is 9.60. The minimum absolute atomic E-state index is 0.0922. The number of hydrogen-bond donors (Lipinski definition) is 0. The minimum atomic E-state index is -0.0922. The van der Waals surface area contributed by atoms with Gasteiger partial charge < -0.3 is 4.90 Å². The third-order valence-electron chi connectivity index (χ3n) is 2.34. The average molecular weight is 217 g/mol. The molecular weight excluding hydrogens is 202 g/mol. The van der Waals surface area contributed by atoms with Crippen LogP contribution in [0, 0.1) is 11.3 Å². The van der Waals surface area contributed by atoms with E-state index in [0.29, 0.717) is 18.5 Å². The molecule has 1 aromatic heterocycles. The lowest BCUT2D eigenvalue weighted by Crippen LogP contribution is -2.27. The van der Waals surface area contributed by atoms with Crippen LogP contribution in [0.15, 0.2) is 18.3 Å². The number of aromatic nitrogens is 1. The highest BCUT2D eigenvalue weighted by molar-refractivity contribution is 5.93. The molecule has 0 saturated carbocycles. The van der Waals surface area contributed by atoms with E-state index in [2.05, 4.69) is 4.98 Å². The lowest BCUT2D eigenvalue weighted by molar-refractivity contribution is 0.0797. The van der Waals surface area contributed by atoms with Gasteiger partial charge in [0.2, 0.25) is 0 Å². The summed E-state index contributed by atoms with van der Waals surface area (Å²) in [7, 11) is 1.69. The highest BCUT2D eigenvalue weighted by Gasteiger charge is 2.11. The molecule has 1 amide bonds. The normalized spacial score (nSPS) is 9.56. The number of aryl methyl sites for hydroxylation is 1. The van der Waals surface area contributed by atoms with E-state index < -0.39 is 0 Å². The van der Waals surface area contributed by atoms with E-state index in [-0.39, 0.29) is 5.91 Å². The van der Waals surface area contributed by atoms with Gasteiger partial charge in [0.1, 0.15) is 0 Å². The third-order valence-corrected chi connectivity index (χ3v) is 2.34. The van der Waals surface area contributed by atoms with Crippen LogP contribution in [0.1, 0.15) is 29.4 Å². The highest BCUT2D eigenvalue weighted by Crippen LogP contribution is 2.04. The summed E-state index contributed by atoms with van der Waals surface area (Å²) in [5.41, 5.74) is 1.54. The molecule has 0 fully saturated rings. The van der Waals surface area contributed by atoms with Gasteiger partial charge in [0.15, 0.2) is 0 Å².